The Bertz CT molecular complexity index is 502. The van der Waals surface area contributed by atoms with Crippen molar-refractivity contribution in [2.24, 2.45) is 0 Å². The highest BCUT2D eigenvalue weighted by Gasteiger charge is 2.15. The minimum atomic E-state index is -0.408. The molecule has 16 heavy (non-hydrogen) atoms. The molecule has 0 spiro atoms. The number of nitrogens with zero attached hydrogens (tertiary/aromatic N) is 3. The van der Waals surface area contributed by atoms with E-state index in [2.05, 4.69) is 32.0 Å². The topological polar surface area (TPSA) is 49.6 Å². The Morgan fingerprint density at radius 3 is 2.31 bits per heavy atom. The van der Waals surface area contributed by atoms with E-state index in [1.54, 1.807) is 18.5 Å². The van der Waals surface area contributed by atoms with Gasteiger partial charge < -0.3 is 0 Å². The number of halogens is 1. The van der Waals surface area contributed by atoms with Gasteiger partial charge in [0.2, 0.25) is 0 Å². The normalized spacial score (nSPS) is 11.8. The summed E-state index contributed by atoms with van der Waals surface area (Å²) in [7, 11) is 0. The van der Waals surface area contributed by atoms with Gasteiger partial charge in [-0.1, -0.05) is 28.1 Å². The first kappa shape index (κ1) is 10.8. The van der Waals surface area contributed by atoms with Gasteiger partial charge in [-0.25, -0.2) is 9.97 Å². The molecular weight excluding hydrogens is 266 g/mol. The Kier molecular flexibility index (Phi) is 3.28. The van der Waals surface area contributed by atoms with Crippen LogP contribution in [0.15, 0.2) is 47.2 Å². The second kappa shape index (κ2) is 4.86. The van der Waals surface area contributed by atoms with Crippen molar-refractivity contribution >= 4 is 15.9 Å². The molecule has 2 aromatic rings. The molecule has 1 aromatic carbocycles. The Morgan fingerprint density at radius 1 is 1.12 bits per heavy atom. The third kappa shape index (κ3) is 2.26. The van der Waals surface area contributed by atoms with Crippen molar-refractivity contribution in [2.45, 2.75) is 5.92 Å². The third-order valence-electron chi connectivity index (χ3n) is 2.18. The van der Waals surface area contributed by atoms with E-state index in [4.69, 9.17) is 5.26 Å². The van der Waals surface area contributed by atoms with Gasteiger partial charge in [0.15, 0.2) is 0 Å². The van der Waals surface area contributed by atoms with Gasteiger partial charge in [-0.3, -0.25) is 0 Å². The lowest BCUT2D eigenvalue weighted by Gasteiger charge is -2.07. The second-order valence-corrected chi connectivity index (χ2v) is 4.14. The van der Waals surface area contributed by atoms with E-state index in [1.807, 2.05) is 24.3 Å². The van der Waals surface area contributed by atoms with Crippen LogP contribution in [0.3, 0.4) is 0 Å². The van der Waals surface area contributed by atoms with E-state index < -0.39 is 5.92 Å². The van der Waals surface area contributed by atoms with Crippen LogP contribution in [0.4, 0.5) is 0 Å². The van der Waals surface area contributed by atoms with Crippen LogP contribution in [-0.2, 0) is 0 Å². The lowest BCUT2D eigenvalue weighted by Crippen LogP contribution is -2.03. The molecule has 3 nitrogen and oxygen atoms in total. The van der Waals surface area contributed by atoms with Crippen LogP contribution in [0.1, 0.15) is 17.3 Å². The SMILES string of the molecule is N#CC(c1ccc(Br)cc1)c1ncccn1. The molecular formula is C12H8BrN3. The molecule has 1 aromatic heterocycles. The summed E-state index contributed by atoms with van der Waals surface area (Å²) in [4.78, 5) is 8.21. The minimum absolute atomic E-state index is 0.408. The monoisotopic (exact) mass is 273 g/mol. The molecule has 2 rings (SSSR count). The van der Waals surface area contributed by atoms with Crippen molar-refractivity contribution < 1.29 is 0 Å². The summed E-state index contributed by atoms with van der Waals surface area (Å²) in [5, 5.41) is 9.16. The minimum Gasteiger partial charge on any atom is -0.240 e. The summed E-state index contributed by atoms with van der Waals surface area (Å²) in [5.41, 5.74) is 0.900. The molecule has 0 amide bonds. The third-order valence-corrected chi connectivity index (χ3v) is 2.71. The first-order valence-corrected chi connectivity index (χ1v) is 5.52. The second-order valence-electron chi connectivity index (χ2n) is 3.22. The summed E-state index contributed by atoms with van der Waals surface area (Å²) in [6.45, 7) is 0. The van der Waals surface area contributed by atoms with Gasteiger partial charge >= 0.3 is 0 Å². The lowest BCUT2D eigenvalue weighted by atomic mass is 10.00. The fourth-order valence-corrected chi connectivity index (χ4v) is 1.66. The zero-order valence-electron chi connectivity index (χ0n) is 8.34. The van der Waals surface area contributed by atoms with Crippen LogP contribution in [0.2, 0.25) is 0 Å². The fraction of sp³-hybridized carbons (Fsp3) is 0.0833. The molecule has 1 atom stereocenters. The maximum atomic E-state index is 9.16. The first-order valence-electron chi connectivity index (χ1n) is 4.73. The van der Waals surface area contributed by atoms with Gasteiger partial charge in [0.05, 0.1) is 6.07 Å². The molecule has 0 radical (unpaired) electrons. The number of nitriles is 1. The smallest absolute Gasteiger partial charge is 0.149 e. The molecule has 0 saturated carbocycles. The molecule has 0 saturated heterocycles. The van der Waals surface area contributed by atoms with Gasteiger partial charge in [0, 0.05) is 16.9 Å². The predicted molar refractivity (Wildman–Crippen MR) is 63.6 cm³/mol. The molecule has 4 heteroatoms. The van der Waals surface area contributed by atoms with Gasteiger partial charge in [-0.05, 0) is 23.8 Å². The Hall–Kier alpha value is -1.73. The number of hydrogen-bond acceptors (Lipinski definition) is 3. The van der Waals surface area contributed by atoms with E-state index in [0.29, 0.717) is 5.82 Å². The standard InChI is InChI=1S/C12H8BrN3/c13-10-4-2-9(3-5-10)11(8-14)12-15-6-1-7-16-12/h1-7,11H. The van der Waals surface area contributed by atoms with E-state index in [-0.39, 0.29) is 0 Å². The molecule has 0 fully saturated rings. The number of benzene rings is 1. The molecule has 1 heterocycles. The van der Waals surface area contributed by atoms with Crippen LogP contribution in [0.5, 0.6) is 0 Å². The van der Waals surface area contributed by atoms with Crippen molar-refractivity contribution in [3.05, 3.63) is 58.6 Å². The van der Waals surface area contributed by atoms with E-state index in [1.165, 1.54) is 0 Å². The average molecular weight is 274 g/mol. The summed E-state index contributed by atoms with van der Waals surface area (Å²) in [5.74, 6) is 0.127. The highest BCUT2D eigenvalue weighted by Crippen LogP contribution is 2.22. The van der Waals surface area contributed by atoms with Gasteiger partial charge in [0.25, 0.3) is 0 Å². The van der Waals surface area contributed by atoms with E-state index in [9.17, 15) is 0 Å². The van der Waals surface area contributed by atoms with Gasteiger partial charge in [0.1, 0.15) is 11.7 Å². The number of aromatic nitrogens is 2. The Morgan fingerprint density at radius 2 is 1.75 bits per heavy atom. The van der Waals surface area contributed by atoms with Crippen molar-refractivity contribution in [3.63, 3.8) is 0 Å². The van der Waals surface area contributed by atoms with Crippen molar-refractivity contribution in [2.75, 3.05) is 0 Å². The molecule has 0 aliphatic heterocycles. The number of hydrogen-bond donors (Lipinski definition) is 0. The Balaban J connectivity index is 2.38. The highest BCUT2D eigenvalue weighted by atomic mass is 79.9. The highest BCUT2D eigenvalue weighted by molar-refractivity contribution is 9.10. The fourth-order valence-electron chi connectivity index (χ4n) is 1.40. The van der Waals surface area contributed by atoms with Crippen molar-refractivity contribution in [1.82, 2.24) is 9.97 Å². The molecule has 0 bridgehead atoms. The molecule has 0 aliphatic carbocycles. The van der Waals surface area contributed by atoms with E-state index in [0.717, 1.165) is 10.0 Å². The summed E-state index contributed by atoms with van der Waals surface area (Å²) in [6.07, 6.45) is 3.29. The average Bonchev–Trinajstić information content (AvgIpc) is 2.34. The quantitative estimate of drug-likeness (QED) is 0.846. The van der Waals surface area contributed by atoms with Crippen LogP contribution in [0, 0.1) is 11.3 Å². The Labute approximate surface area is 102 Å². The lowest BCUT2D eigenvalue weighted by molar-refractivity contribution is 0.890. The van der Waals surface area contributed by atoms with Crippen LogP contribution in [0.25, 0.3) is 0 Å². The predicted octanol–water partition coefficient (Wildman–Crippen LogP) is 2.89. The zero-order valence-corrected chi connectivity index (χ0v) is 9.92. The number of rotatable bonds is 2. The van der Waals surface area contributed by atoms with Crippen LogP contribution in [-0.4, -0.2) is 9.97 Å². The molecule has 0 N–H and O–H groups in total. The van der Waals surface area contributed by atoms with Gasteiger partial charge in [-0.2, -0.15) is 5.26 Å². The maximum absolute atomic E-state index is 9.16. The van der Waals surface area contributed by atoms with Crippen LogP contribution < -0.4 is 0 Å². The maximum Gasteiger partial charge on any atom is 0.149 e. The van der Waals surface area contributed by atoms with E-state index >= 15 is 0 Å². The van der Waals surface area contributed by atoms with Crippen molar-refractivity contribution in [1.29, 1.82) is 5.26 Å². The molecule has 78 valence electrons. The molecule has 0 aliphatic rings. The van der Waals surface area contributed by atoms with Gasteiger partial charge in [-0.15, -0.1) is 0 Å². The first-order chi connectivity index (χ1) is 7.81. The molecule has 1 unspecified atom stereocenters. The summed E-state index contributed by atoms with van der Waals surface area (Å²) < 4.78 is 0.988. The van der Waals surface area contributed by atoms with Crippen molar-refractivity contribution in [3.8, 4) is 6.07 Å². The zero-order chi connectivity index (χ0) is 11.4. The largest absolute Gasteiger partial charge is 0.240 e. The summed E-state index contributed by atoms with van der Waals surface area (Å²) >= 11 is 3.36. The summed E-state index contributed by atoms with van der Waals surface area (Å²) in [6, 6.07) is 11.6. The van der Waals surface area contributed by atoms with Crippen LogP contribution >= 0.6 is 15.9 Å².